The van der Waals surface area contributed by atoms with Gasteiger partial charge in [0.1, 0.15) is 11.1 Å². The highest BCUT2D eigenvalue weighted by Crippen LogP contribution is 2.48. The van der Waals surface area contributed by atoms with E-state index >= 15 is 0 Å². The molecule has 0 aromatic heterocycles. The maximum atomic E-state index is 14.3. The largest absolute Gasteiger partial charge is 0.419 e. The van der Waals surface area contributed by atoms with Crippen molar-refractivity contribution in [3.8, 4) is 0 Å². The van der Waals surface area contributed by atoms with Crippen LogP contribution in [-0.4, -0.2) is 0 Å². The summed E-state index contributed by atoms with van der Waals surface area (Å²) in [6.45, 7) is 0. The summed E-state index contributed by atoms with van der Waals surface area (Å²) in [6, 6.07) is 0. The van der Waals surface area contributed by atoms with Gasteiger partial charge in [0.25, 0.3) is 0 Å². The second-order valence-electron chi connectivity index (χ2n) is 5.02. The lowest BCUT2D eigenvalue weighted by atomic mass is 9.92. The van der Waals surface area contributed by atoms with Crippen molar-refractivity contribution in [1.82, 2.24) is 0 Å². The van der Waals surface area contributed by atoms with Crippen molar-refractivity contribution < 1.29 is 61.5 Å². The first-order chi connectivity index (χ1) is 12.6. The number of hydrogen-bond acceptors (Lipinski definition) is 0. The number of halogens is 14. The molecule has 0 saturated heterocycles. The van der Waals surface area contributed by atoms with Gasteiger partial charge in [-0.2, -0.15) is 22.0 Å². The zero-order valence-corrected chi connectivity index (χ0v) is 12.3. The third-order valence-electron chi connectivity index (χ3n) is 3.39. The molecule has 0 nitrogen and oxygen atoms in total. The third-order valence-corrected chi connectivity index (χ3v) is 3.39. The molecule has 0 heterocycles. The van der Waals surface area contributed by atoms with Crippen LogP contribution in [0, 0.1) is 52.4 Å². The minimum atomic E-state index is -6.40. The molecule has 0 aliphatic heterocycles. The summed E-state index contributed by atoms with van der Waals surface area (Å²) in [5.74, 6) is -35.5. The van der Waals surface area contributed by atoms with Gasteiger partial charge in [-0.3, -0.25) is 0 Å². The molecule has 0 bridgehead atoms. The molecule has 0 atom stereocenters. The minimum Gasteiger partial charge on any atom is -0.203 e. The summed E-state index contributed by atoms with van der Waals surface area (Å²) >= 11 is 0. The quantitative estimate of drug-likeness (QED) is 0.305. The van der Waals surface area contributed by atoms with Gasteiger partial charge in [0.05, 0.1) is 5.56 Å². The molecule has 0 radical (unpaired) electrons. The van der Waals surface area contributed by atoms with Gasteiger partial charge < -0.3 is 0 Å². The van der Waals surface area contributed by atoms with E-state index in [1.54, 1.807) is 0 Å². The zero-order valence-electron chi connectivity index (χ0n) is 12.3. The van der Waals surface area contributed by atoms with Crippen molar-refractivity contribution in [2.45, 2.75) is 12.1 Å². The minimum absolute atomic E-state index is 3.00. The van der Waals surface area contributed by atoms with Crippen molar-refractivity contribution in [2.24, 2.45) is 0 Å². The molecule has 154 valence electrons. The van der Waals surface area contributed by atoms with Crippen LogP contribution in [0.25, 0.3) is 0 Å². The van der Waals surface area contributed by atoms with Gasteiger partial charge in [-0.15, -0.1) is 0 Å². The van der Waals surface area contributed by atoms with Gasteiger partial charge in [-0.25, -0.2) is 39.5 Å². The lowest BCUT2D eigenvalue weighted by Gasteiger charge is -2.24. The fraction of sp³-hybridized carbons (Fsp3) is 0.143. The molecule has 0 fully saturated rings. The maximum absolute atomic E-state index is 14.3. The van der Waals surface area contributed by atoms with Crippen LogP contribution in [0.5, 0.6) is 0 Å². The molecule has 2 aromatic carbocycles. The van der Waals surface area contributed by atoms with Crippen LogP contribution in [0.3, 0.4) is 0 Å². The molecule has 0 N–H and O–H groups in total. The van der Waals surface area contributed by atoms with Gasteiger partial charge in [0, 0.05) is 0 Å². The van der Waals surface area contributed by atoms with Crippen LogP contribution < -0.4 is 0 Å². The molecule has 2 aromatic rings. The molecule has 0 saturated carbocycles. The summed E-state index contributed by atoms with van der Waals surface area (Å²) in [4.78, 5) is 0. The first kappa shape index (κ1) is 21.8. The zero-order chi connectivity index (χ0) is 21.9. The van der Waals surface area contributed by atoms with Crippen molar-refractivity contribution in [1.29, 1.82) is 0 Å². The van der Waals surface area contributed by atoms with E-state index in [0.29, 0.717) is 0 Å². The van der Waals surface area contributed by atoms with E-state index < -0.39 is 81.1 Å². The van der Waals surface area contributed by atoms with Crippen molar-refractivity contribution in [3.63, 3.8) is 0 Å². The SMILES string of the molecule is Fc1c(F)c(F)c(C(F)(F)c2c(F)c(F)c(F)c(F)c2C(F)(F)F)c(F)c1F. The molecule has 2 rings (SSSR count). The van der Waals surface area contributed by atoms with E-state index in [9.17, 15) is 61.5 Å². The monoisotopic (exact) mass is 434 g/mol. The molecule has 0 amide bonds. The number of hydrogen-bond donors (Lipinski definition) is 0. The smallest absolute Gasteiger partial charge is 0.203 e. The van der Waals surface area contributed by atoms with Crippen LogP contribution in [0.15, 0.2) is 0 Å². The van der Waals surface area contributed by atoms with E-state index in [1.165, 1.54) is 0 Å². The van der Waals surface area contributed by atoms with Crippen LogP contribution in [-0.2, 0) is 12.1 Å². The van der Waals surface area contributed by atoms with Gasteiger partial charge in [0.15, 0.2) is 46.5 Å². The van der Waals surface area contributed by atoms with Gasteiger partial charge >= 0.3 is 12.1 Å². The Morgan fingerprint density at radius 1 is 0.321 bits per heavy atom. The summed E-state index contributed by atoms with van der Waals surface area (Å²) in [5, 5.41) is 0. The second kappa shape index (κ2) is 6.51. The van der Waals surface area contributed by atoms with E-state index in [2.05, 4.69) is 0 Å². The van der Waals surface area contributed by atoms with Crippen LogP contribution >= 0.6 is 0 Å². The van der Waals surface area contributed by atoms with Crippen molar-refractivity contribution in [3.05, 3.63) is 69.0 Å². The predicted molar refractivity (Wildman–Crippen MR) is 60.5 cm³/mol. The number of benzene rings is 2. The predicted octanol–water partition coefficient (Wildman–Crippen LogP) is 6.10. The molecular weight excluding hydrogens is 434 g/mol. The van der Waals surface area contributed by atoms with E-state index in [0.717, 1.165) is 0 Å². The fourth-order valence-corrected chi connectivity index (χ4v) is 2.20. The molecule has 0 aliphatic carbocycles. The Morgan fingerprint density at radius 2 is 0.571 bits per heavy atom. The maximum Gasteiger partial charge on any atom is 0.419 e. The van der Waals surface area contributed by atoms with Gasteiger partial charge in [-0.05, 0) is 0 Å². The first-order valence-corrected chi connectivity index (χ1v) is 6.40. The Balaban J connectivity index is 3.09. The van der Waals surface area contributed by atoms with Crippen LogP contribution in [0.4, 0.5) is 61.5 Å². The van der Waals surface area contributed by atoms with E-state index in [4.69, 9.17) is 0 Å². The lowest BCUT2D eigenvalue weighted by Crippen LogP contribution is -2.29. The summed E-state index contributed by atoms with van der Waals surface area (Å²) < 4.78 is 187. The molecule has 0 unspecified atom stereocenters. The summed E-state index contributed by atoms with van der Waals surface area (Å²) in [5.41, 5.74) is -10.4. The molecule has 28 heavy (non-hydrogen) atoms. The second-order valence-corrected chi connectivity index (χ2v) is 5.02. The Morgan fingerprint density at radius 3 is 0.893 bits per heavy atom. The standard InChI is InChI=1S/C14F14/c15-4-1(2(14(26,27)28)5(16)9(20)8(4)19)13(24,25)3-6(17)10(21)12(23)11(22)7(3)18. The Bertz CT molecular complexity index is 943. The lowest BCUT2D eigenvalue weighted by molar-refractivity contribution is -0.144. The van der Waals surface area contributed by atoms with Gasteiger partial charge in [-0.1, -0.05) is 0 Å². The molecular formula is C14F14. The Kier molecular flexibility index (Phi) is 5.06. The summed E-state index contributed by atoms with van der Waals surface area (Å²) in [6.07, 6.45) is -6.40. The normalized spacial score (nSPS) is 12.6. The Hall–Kier alpha value is -2.54. The van der Waals surface area contributed by atoms with Crippen LogP contribution in [0.1, 0.15) is 16.7 Å². The van der Waals surface area contributed by atoms with Gasteiger partial charge in [0.2, 0.25) is 5.82 Å². The first-order valence-electron chi connectivity index (χ1n) is 6.40. The van der Waals surface area contributed by atoms with Crippen molar-refractivity contribution >= 4 is 0 Å². The molecule has 0 spiro atoms. The Labute approximate surface area is 144 Å². The van der Waals surface area contributed by atoms with E-state index in [1.807, 2.05) is 0 Å². The van der Waals surface area contributed by atoms with Crippen molar-refractivity contribution in [2.75, 3.05) is 0 Å². The number of rotatable bonds is 2. The summed E-state index contributed by atoms with van der Waals surface area (Å²) in [7, 11) is 0. The topological polar surface area (TPSA) is 0 Å². The molecule has 0 aliphatic rings. The highest BCUT2D eigenvalue weighted by Gasteiger charge is 2.54. The van der Waals surface area contributed by atoms with Crippen LogP contribution in [0.2, 0.25) is 0 Å². The average molecular weight is 434 g/mol. The average Bonchev–Trinajstić information content (AvgIpc) is 2.57. The van der Waals surface area contributed by atoms with E-state index in [-0.39, 0.29) is 0 Å². The highest BCUT2D eigenvalue weighted by atomic mass is 19.4. The number of alkyl halides is 5. The third kappa shape index (κ3) is 2.94. The highest BCUT2D eigenvalue weighted by molar-refractivity contribution is 5.44. The molecule has 14 heteroatoms. The fourth-order valence-electron chi connectivity index (χ4n) is 2.20.